The highest BCUT2D eigenvalue weighted by Crippen LogP contribution is 2.44. The van der Waals surface area contributed by atoms with Crippen molar-refractivity contribution in [3.63, 3.8) is 0 Å². The van der Waals surface area contributed by atoms with Gasteiger partial charge >= 0.3 is 0 Å². The second-order valence-corrected chi connectivity index (χ2v) is 8.46. The number of carbonyl (C=O) groups is 1. The standard InChI is InChI=1S/C25H29N3O3/c1-30-14-15-31-20-10-11-21-22(16-20)28(19-4-2-5-19)24(23(21)26)17-6-8-18(9-7-17)25(29)27-12-3-13-27/h6-11,16,19H,2-5,12-15,26H2,1H3. The molecule has 2 fully saturated rings. The van der Waals surface area contributed by atoms with Gasteiger partial charge in [0, 0.05) is 48.8 Å². The Hall–Kier alpha value is -2.99. The number of hydrogen-bond donors (Lipinski definition) is 1. The van der Waals surface area contributed by atoms with Crippen molar-refractivity contribution >= 4 is 22.5 Å². The number of anilines is 1. The van der Waals surface area contributed by atoms with Crippen LogP contribution in [-0.2, 0) is 4.74 Å². The number of likely N-dealkylation sites (tertiary alicyclic amines) is 1. The number of nitrogens with two attached hydrogens (primary N) is 1. The molecule has 2 aliphatic rings. The molecule has 0 spiro atoms. The summed E-state index contributed by atoms with van der Waals surface area (Å²) in [6.45, 7) is 2.79. The van der Waals surface area contributed by atoms with E-state index in [9.17, 15) is 4.79 Å². The van der Waals surface area contributed by atoms with Gasteiger partial charge in [0.05, 0.1) is 23.5 Å². The minimum Gasteiger partial charge on any atom is -0.491 e. The molecule has 2 N–H and O–H groups in total. The molecule has 1 saturated heterocycles. The predicted octanol–water partition coefficient (Wildman–Crippen LogP) is 4.49. The van der Waals surface area contributed by atoms with Crippen molar-refractivity contribution in [2.45, 2.75) is 31.7 Å². The van der Waals surface area contributed by atoms with Crippen molar-refractivity contribution < 1.29 is 14.3 Å². The first-order valence-corrected chi connectivity index (χ1v) is 11.1. The van der Waals surface area contributed by atoms with E-state index in [1.54, 1.807) is 7.11 Å². The number of benzene rings is 2. The van der Waals surface area contributed by atoms with Crippen LogP contribution in [0.4, 0.5) is 5.69 Å². The Morgan fingerprint density at radius 1 is 1.06 bits per heavy atom. The highest BCUT2D eigenvalue weighted by molar-refractivity contribution is 6.02. The fourth-order valence-electron chi connectivity index (χ4n) is 4.44. The lowest BCUT2D eigenvalue weighted by molar-refractivity contribution is 0.0652. The van der Waals surface area contributed by atoms with Gasteiger partial charge in [-0.15, -0.1) is 0 Å². The Bertz CT molecular complexity index is 1100. The van der Waals surface area contributed by atoms with Crippen molar-refractivity contribution in [3.8, 4) is 17.0 Å². The molecular weight excluding hydrogens is 390 g/mol. The van der Waals surface area contributed by atoms with E-state index in [-0.39, 0.29) is 5.91 Å². The Labute approximate surface area is 182 Å². The molecule has 6 nitrogen and oxygen atoms in total. The molecular formula is C25H29N3O3. The summed E-state index contributed by atoms with van der Waals surface area (Å²) < 4.78 is 13.3. The molecule has 3 aromatic rings. The first-order valence-electron chi connectivity index (χ1n) is 11.1. The van der Waals surface area contributed by atoms with Gasteiger partial charge in [0.15, 0.2) is 0 Å². The van der Waals surface area contributed by atoms with E-state index >= 15 is 0 Å². The molecule has 2 heterocycles. The Morgan fingerprint density at radius 2 is 1.84 bits per heavy atom. The van der Waals surface area contributed by atoms with E-state index in [1.807, 2.05) is 41.3 Å². The van der Waals surface area contributed by atoms with Gasteiger partial charge in [-0.05, 0) is 49.9 Å². The van der Waals surface area contributed by atoms with Crippen molar-refractivity contribution in [1.29, 1.82) is 0 Å². The molecule has 1 aliphatic heterocycles. The summed E-state index contributed by atoms with van der Waals surface area (Å²) in [5.41, 5.74) is 11.4. The van der Waals surface area contributed by atoms with Gasteiger partial charge in [0.2, 0.25) is 0 Å². The fourth-order valence-corrected chi connectivity index (χ4v) is 4.44. The monoisotopic (exact) mass is 419 g/mol. The largest absolute Gasteiger partial charge is 0.491 e. The van der Waals surface area contributed by atoms with Crippen LogP contribution >= 0.6 is 0 Å². The summed E-state index contributed by atoms with van der Waals surface area (Å²) >= 11 is 0. The second-order valence-electron chi connectivity index (χ2n) is 8.46. The maximum absolute atomic E-state index is 12.5. The summed E-state index contributed by atoms with van der Waals surface area (Å²) in [5.74, 6) is 0.938. The zero-order valence-corrected chi connectivity index (χ0v) is 18.0. The molecule has 1 amide bonds. The lowest BCUT2D eigenvalue weighted by atomic mass is 9.92. The normalized spacial score (nSPS) is 16.2. The molecule has 2 aromatic carbocycles. The molecule has 0 atom stereocenters. The van der Waals surface area contributed by atoms with Crippen LogP contribution in [0.3, 0.4) is 0 Å². The van der Waals surface area contributed by atoms with E-state index in [1.165, 1.54) is 6.42 Å². The number of carbonyl (C=O) groups excluding carboxylic acids is 1. The zero-order chi connectivity index (χ0) is 21.4. The number of methoxy groups -OCH3 is 1. The summed E-state index contributed by atoms with van der Waals surface area (Å²) in [5, 5.41) is 1.04. The first-order chi connectivity index (χ1) is 15.2. The third kappa shape index (κ3) is 3.55. The van der Waals surface area contributed by atoms with Crippen molar-refractivity contribution in [2.24, 2.45) is 0 Å². The lowest BCUT2D eigenvalue weighted by Crippen LogP contribution is -2.41. The van der Waals surface area contributed by atoms with Gasteiger partial charge in [-0.1, -0.05) is 12.1 Å². The molecule has 1 saturated carbocycles. The van der Waals surface area contributed by atoms with Crippen LogP contribution in [0.1, 0.15) is 42.1 Å². The van der Waals surface area contributed by atoms with Crippen LogP contribution in [0.25, 0.3) is 22.2 Å². The number of ether oxygens (including phenoxy) is 2. The molecule has 0 bridgehead atoms. The highest BCUT2D eigenvalue weighted by Gasteiger charge is 2.27. The Kier molecular flexibility index (Phi) is 5.32. The average molecular weight is 420 g/mol. The quantitative estimate of drug-likeness (QED) is 0.573. The number of nitrogen functional groups attached to an aromatic ring is 1. The Balaban J connectivity index is 1.54. The molecule has 162 valence electrons. The number of amides is 1. The molecule has 0 radical (unpaired) electrons. The second kappa shape index (κ2) is 8.27. The minimum atomic E-state index is 0.114. The summed E-state index contributed by atoms with van der Waals surface area (Å²) in [6.07, 6.45) is 4.63. The highest BCUT2D eigenvalue weighted by atomic mass is 16.5. The van der Waals surface area contributed by atoms with Gasteiger partial charge in [0.25, 0.3) is 5.91 Å². The number of rotatable bonds is 7. The third-order valence-electron chi connectivity index (χ3n) is 6.56. The van der Waals surface area contributed by atoms with Gasteiger partial charge in [-0.2, -0.15) is 0 Å². The molecule has 5 rings (SSSR count). The summed E-state index contributed by atoms with van der Waals surface area (Å²) in [6, 6.07) is 14.5. The third-order valence-corrected chi connectivity index (χ3v) is 6.56. The van der Waals surface area contributed by atoms with E-state index < -0.39 is 0 Å². The average Bonchev–Trinajstić information content (AvgIpc) is 2.98. The van der Waals surface area contributed by atoms with Crippen molar-refractivity contribution in [2.75, 3.05) is 39.1 Å². The predicted molar refractivity (Wildman–Crippen MR) is 123 cm³/mol. The van der Waals surface area contributed by atoms with E-state index in [0.29, 0.717) is 19.3 Å². The summed E-state index contributed by atoms with van der Waals surface area (Å²) in [7, 11) is 1.67. The molecule has 6 heteroatoms. The van der Waals surface area contributed by atoms with Crippen LogP contribution in [0.5, 0.6) is 5.75 Å². The van der Waals surface area contributed by atoms with Crippen LogP contribution in [-0.4, -0.2) is 48.8 Å². The van der Waals surface area contributed by atoms with Gasteiger partial charge in [-0.3, -0.25) is 4.79 Å². The van der Waals surface area contributed by atoms with E-state index in [0.717, 1.165) is 71.5 Å². The van der Waals surface area contributed by atoms with Crippen LogP contribution in [0.15, 0.2) is 42.5 Å². The van der Waals surface area contributed by atoms with Crippen molar-refractivity contribution in [3.05, 3.63) is 48.0 Å². The number of aromatic nitrogens is 1. The first kappa shape index (κ1) is 19.9. The molecule has 1 aromatic heterocycles. The molecule has 31 heavy (non-hydrogen) atoms. The topological polar surface area (TPSA) is 69.7 Å². The SMILES string of the molecule is COCCOc1ccc2c(N)c(-c3ccc(C(=O)N4CCC4)cc3)n(C3CCC3)c2c1. The number of nitrogens with zero attached hydrogens (tertiary/aromatic N) is 2. The van der Waals surface area contributed by atoms with Crippen LogP contribution < -0.4 is 10.5 Å². The van der Waals surface area contributed by atoms with Gasteiger partial charge in [-0.25, -0.2) is 0 Å². The fraction of sp³-hybridized carbons (Fsp3) is 0.400. The minimum absolute atomic E-state index is 0.114. The van der Waals surface area contributed by atoms with Crippen LogP contribution in [0, 0.1) is 0 Å². The zero-order valence-electron chi connectivity index (χ0n) is 18.0. The van der Waals surface area contributed by atoms with Gasteiger partial charge in [0.1, 0.15) is 12.4 Å². The Morgan fingerprint density at radius 3 is 2.45 bits per heavy atom. The number of fused-ring (bicyclic) bond motifs is 1. The molecule has 1 aliphatic carbocycles. The number of hydrogen-bond acceptors (Lipinski definition) is 4. The summed E-state index contributed by atoms with van der Waals surface area (Å²) in [4.78, 5) is 14.4. The van der Waals surface area contributed by atoms with Crippen LogP contribution in [0.2, 0.25) is 0 Å². The maximum Gasteiger partial charge on any atom is 0.253 e. The van der Waals surface area contributed by atoms with E-state index in [4.69, 9.17) is 15.2 Å². The smallest absolute Gasteiger partial charge is 0.253 e. The molecule has 0 unspecified atom stereocenters. The van der Waals surface area contributed by atoms with Gasteiger partial charge < -0.3 is 24.7 Å². The van der Waals surface area contributed by atoms with Crippen molar-refractivity contribution in [1.82, 2.24) is 9.47 Å². The van der Waals surface area contributed by atoms with E-state index in [2.05, 4.69) is 10.6 Å². The maximum atomic E-state index is 12.5. The lowest BCUT2D eigenvalue weighted by Gasteiger charge is -2.31.